The van der Waals surface area contributed by atoms with E-state index in [0.717, 1.165) is 10.7 Å². The molecule has 0 aliphatic heterocycles. The van der Waals surface area contributed by atoms with Crippen molar-refractivity contribution in [2.75, 3.05) is 0 Å². The molecular weight excluding hydrogens is 242 g/mol. The number of thiophene rings is 1. The molecule has 0 saturated heterocycles. The molecule has 2 aromatic heterocycles. The number of nitrogens with one attached hydrogen (secondary N) is 1. The monoisotopic (exact) mass is 253 g/mol. The maximum atomic E-state index is 11.8. The SMILES string of the molecule is CC(NC(=O)c1cc(S)cs1)c1ccco1. The Morgan fingerprint density at radius 3 is 3.00 bits per heavy atom. The molecule has 0 aromatic carbocycles. The molecule has 84 valence electrons. The minimum atomic E-state index is -0.132. The van der Waals surface area contributed by atoms with Crippen molar-refractivity contribution in [1.82, 2.24) is 5.32 Å². The first-order valence-corrected chi connectivity index (χ1v) is 6.11. The van der Waals surface area contributed by atoms with Gasteiger partial charge in [0.25, 0.3) is 5.91 Å². The molecule has 5 heteroatoms. The van der Waals surface area contributed by atoms with E-state index in [1.807, 2.05) is 18.4 Å². The van der Waals surface area contributed by atoms with Crippen LogP contribution in [0.2, 0.25) is 0 Å². The summed E-state index contributed by atoms with van der Waals surface area (Å²) in [5.74, 6) is 0.644. The maximum Gasteiger partial charge on any atom is 0.261 e. The van der Waals surface area contributed by atoms with Crippen molar-refractivity contribution in [3.8, 4) is 0 Å². The predicted octanol–water partition coefficient (Wildman–Crippen LogP) is 3.12. The van der Waals surface area contributed by atoms with Crippen molar-refractivity contribution < 1.29 is 9.21 Å². The third kappa shape index (κ3) is 2.48. The van der Waals surface area contributed by atoms with Crippen molar-refractivity contribution in [3.05, 3.63) is 40.5 Å². The summed E-state index contributed by atoms with van der Waals surface area (Å²) >= 11 is 5.54. The second-order valence-corrected chi connectivity index (χ2v) is 4.81. The van der Waals surface area contributed by atoms with Crippen molar-refractivity contribution in [2.24, 2.45) is 0 Å². The van der Waals surface area contributed by atoms with Gasteiger partial charge in [0.1, 0.15) is 5.76 Å². The van der Waals surface area contributed by atoms with Gasteiger partial charge >= 0.3 is 0 Å². The number of hydrogen-bond acceptors (Lipinski definition) is 4. The fraction of sp³-hybridized carbons (Fsp3) is 0.182. The molecule has 0 aliphatic rings. The molecule has 0 fully saturated rings. The van der Waals surface area contributed by atoms with E-state index in [9.17, 15) is 4.79 Å². The number of amides is 1. The smallest absolute Gasteiger partial charge is 0.261 e. The number of furan rings is 1. The molecule has 0 bridgehead atoms. The van der Waals surface area contributed by atoms with Gasteiger partial charge in [0.05, 0.1) is 17.2 Å². The minimum Gasteiger partial charge on any atom is -0.467 e. The number of hydrogen-bond donors (Lipinski definition) is 2. The number of carbonyl (C=O) groups is 1. The Kier molecular flexibility index (Phi) is 3.36. The van der Waals surface area contributed by atoms with Gasteiger partial charge in [-0.15, -0.1) is 24.0 Å². The van der Waals surface area contributed by atoms with Gasteiger partial charge in [-0.25, -0.2) is 0 Å². The molecule has 1 atom stereocenters. The average molecular weight is 253 g/mol. The third-order valence-electron chi connectivity index (χ3n) is 2.13. The van der Waals surface area contributed by atoms with Crippen LogP contribution < -0.4 is 5.32 Å². The molecule has 2 heterocycles. The van der Waals surface area contributed by atoms with Crippen LogP contribution in [-0.2, 0) is 0 Å². The molecule has 2 rings (SSSR count). The van der Waals surface area contributed by atoms with Crippen molar-refractivity contribution in [2.45, 2.75) is 17.9 Å². The van der Waals surface area contributed by atoms with Crippen LogP contribution in [0.4, 0.5) is 0 Å². The number of carbonyl (C=O) groups excluding carboxylic acids is 1. The van der Waals surface area contributed by atoms with Crippen LogP contribution in [0.15, 0.2) is 39.2 Å². The highest BCUT2D eigenvalue weighted by molar-refractivity contribution is 7.80. The summed E-state index contributed by atoms with van der Waals surface area (Å²) in [6.45, 7) is 1.88. The van der Waals surface area contributed by atoms with E-state index in [4.69, 9.17) is 4.42 Å². The Morgan fingerprint density at radius 1 is 1.62 bits per heavy atom. The third-order valence-corrected chi connectivity index (χ3v) is 3.49. The molecule has 0 spiro atoms. The van der Waals surface area contributed by atoms with Gasteiger partial charge in [-0.2, -0.15) is 0 Å². The Hall–Kier alpha value is -1.20. The van der Waals surface area contributed by atoms with E-state index in [1.54, 1.807) is 18.4 Å². The highest BCUT2D eigenvalue weighted by atomic mass is 32.1. The highest BCUT2D eigenvalue weighted by Crippen LogP contribution is 2.19. The lowest BCUT2D eigenvalue weighted by Gasteiger charge is -2.09. The first kappa shape index (κ1) is 11.3. The molecule has 0 aliphatic carbocycles. The van der Waals surface area contributed by atoms with Gasteiger partial charge < -0.3 is 9.73 Å². The Balaban J connectivity index is 2.03. The molecule has 1 N–H and O–H groups in total. The van der Waals surface area contributed by atoms with Crippen LogP contribution in [0.25, 0.3) is 0 Å². The highest BCUT2D eigenvalue weighted by Gasteiger charge is 2.14. The fourth-order valence-corrected chi connectivity index (χ4v) is 2.37. The first-order valence-electron chi connectivity index (χ1n) is 4.78. The van der Waals surface area contributed by atoms with E-state index in [0.29, 0.717) is 4.88 Å². The lowest BCUT2D eigenvalue weighted by molar-refractivity contribution is 0.0939. The van der Waals surface area contributed by atoms with Crippen molar-refractivity contribution in [1.29, 1.82) is 0 Å². The summed E-state index contributed by atoms with van der Waals surface area (Å²) in [5.41, 5.74) is 0. The van der Waals surface area contributed by atoms with E-state index >= 15 is 0 Å². The molecule has 1 unspecified atom stereocenters. The molecule has 2 aromatic rings. The largest absolute Gasteiger partial charge is 0.467 e. The summed E-state index contributed by atoms with van der Waals surface area (Å²) in [7, 11) is 0. The Morgan fingerprint density at radius 2 is 2.44 bits per heavy atom. The normalized spacial score (nSPS) is 12.4. The zero-order valence-electron chi connectivity index (χ0n) is 8.64. The zero-order chi connectivity index (χ0) is 11.5. The van der Waals surface area contributed by atoms with Crippen molar-refractivity contribution in [3.63, 3.8) is 0 Å². The minimum absolute atomic E-state index is 0.103. The molecule has 1 amide bonds. The van der Waals surface area contributed by atoms with E-state index < -0.39 is 0 Å². The zero-order valence-corrected chi connectivity index (χ0v) is 10.3. The second-order valence-electron chi connectivity index (χ2n) is 3.38. The quantitative estimate of drug-likeness (QED) is 0.825. The Labute approximate surface area is 103 Å². The molecule has 0 saturated carbocycles. The first-order chi connectivity index (χ1) is 7.66. The van der Waals surface area contributed by atoms with E-state index in [1.165, 1.54) is 11.3 Å². The van der Waals surface area contributed by atoms with Gasteiger partial charge in [-0.05, 0) is 25.1 Å². The van der Waals surface area contributed by atoms with Crippen LogP contribution >= 0.6 is 24.0 Å². The average Bonchev–Trinajstić information content (AvgIpc) is 2.87. The van der Waals surface area contributed by atoms with Gasteiger partial charge in [0.15, 0.2) is 0 Å². The van der Waals surface area contributed by atoms with E-state index in [2.05, 4.69) is 17.9 Å². The maximum absolute atomic E-state index is 11.8. The standard InChI is InChI=1S/C11H11NO2S2/c1-7(9-3-2-4-14-9)12-11(13)10-5-8(15)6-16-10/h2-7,15H,1H3,(H,12,13). The molecule has 0 radical (unpaired) electrons. The topological polar surface area (TPSA) is 42.2 Å². The molecule has 16 heavy (non-hydrogen) atoms. The van der Waals surface area contributed by atoms with Crippen molar-refractivity contribution >= 4 is 29.9 Å². The van der Waals surface area contributed by atoms with Gasteiger partial charge in [0.2, 0.25) is 0 Å². The fourth-order valence-electron chi connectivity index (χ4n) is 1.32. The molecule has 3 nitrogen and oxygen atoms in total. The van der Waals surface area contributed by atoms with Gasteiger partial charge in [-0.3, -0.25) is 4.79 Å². The van der Waals surface area contributed by atoms with Gasteiger partial charge in [0, 0.05) is 10.3 Å². The molecular formula is C11H11NO2S2. The lowest BCUT2D eigenvalue weighted by Crippen LogP contribution is -2.25. The summed E-state index contributed by atoms with van der Waals surface area (Å²) in [6, 6.07) is 5.25. The predicted molar refractivity (Wildman–Crippen MR) is 66.2 cm³/mol. The number of thiol groups is 1. The van der Waals surface area contributed by atoms with Crippen LogP contribution in [-0.4, -0.2) is 5.91 Å². The summed E-state index contributed by atoms with van der Waals surface area (Å²) in [4.78, 5) is 13.2. The van der Waals surface area contributed by atoms with Crippen LogP contribution in [0.3, 0.4) is 0 Å². The van der Waals surface area contributed by atoms with Gasteiger partial charge in [-0.1, -0.05) is 0 Å². The second kappa shape index (κ2) is 4.76. The van der Waals surface area contributed by atoms with E-state index in [-0.39, 0.29) is 11.9 Å². The van der Waals surface area contributed by atoms with Crippen LogP contribution in [0.5, 0.6) is 0 Å². The van der Waals surface area contributed by atoms with Crippen LogP contribution in [0, 0.1) is 0 Å². The summed E-state index contributed by atoms with van der Waals surface area (Å²) < 4.78 is 5.21. The summed E-state index contributed by atoms with van der Waals surface area (Å²) in [6.07, 6.45) is 1.59. The lowest BCUT2D eigenvalue weighted by atomic mass is 10.2. The summed E-state index contributed by atoms with van der Waals surface area (Å²) in [5, 5.41) is 4.68. The number of rotatable bonds is 3. The Bertz CT molecular complexity index is 476. The van der Waals surface area contributed by atoms with Crippen LogP contribution in [0.1, 0.15) is 28.4 Å².